The largest absolute Gasteiger partial charge is 0.481 e. The zero-order valence-corrected chi connectivity index (χ0v) is 39.3. The second kappa shape index (κ2) is 16.3. The van der Waals surface area contributed by atoms with E-state index >= 15 is 0 Å². The average Bonchev–Trinajstić information content (AvgIpc) is 3.49. The first-order valence-electron chi connectivity index (χ1n) is 23.1. The molecular formula is C53H76N2O5. The molecule has 0 bridgehead atoms. The summed E-state index contributed by atoms with van der Waals surface area (Å²) in [4.78, 5) is 44.6. The quantitative estimate of drug-likeness (QED) is 0.0993. The molecule has 0 spiro atoms. The number of nitrogens with zero attached hydrogens (tertiary/aromatic N) is 1. The van der Waals surface area contributed by atoms with E-state index in [1.807, 2.05) is 6.92 Å². The van der Waals surface area contributed by atoms with Gasteiger partial charge in [-0.05, 0) is 167 Å². The third-order valence-corrected chi connectivity index (χ3v) is 17.7. The summed E-state index contributed by atoms with van der Waals surface area (Å²) in [5.74, 6) is 0.296. The maximum atomic E-state index is 14.3. The van der Waals surface area contributed by atoms with Gasteiger partial charge in [0.1, 0.15) is 6.10 Å². The molecule has 3 N–H and O–H groups in total. The van der Waals surface area contributed by atoms with Crippen molar-refractivity contribution in [1.82, 2.24) is 0 Å². The number of hydrogen-bond donors (Lipinski definition) is 2. The van der Waals surface area contributed by atoms with E-state index in [-0.39, 0.29) is 51.6 Å². The molecule has 5 aliphatic rings. The lowest BCUT2D eigenvalue weighted by Crippen LogP contribution is -2.66. The Morgan fingerprint density at radius 3 is 2.22 bits per heavy atom. The van der Waals surface area contributed by atoms with Crippen molar-refractivity contribution in [2.45, 2.75) is 166 Å². The number of ether oxygens (including phenoxy) is 1. The van der Waals surface area contributed by atoms with Gasteiger partial charge < -0.3 is 15.6 Å². The van der Waals surface area contributed by atoms with E-state index in [4.69, 9.17) is 15.5 Å². The van der Waals surface area contributed by atoms with E-state index in [0.29, 0.717) is 36.5 Å². The van der Waals surface area contributed by atoms with Gasteiger partial charge in [-0.15, -0.1) is 5.73 Å². The van der Waals surface area contributed by atoms with Gasteiger partial charge in [0.15, 0.2) is 5.78 Å². The van der Waals surface area contributed by atoms with Gasteiger partial charge in [0.2, 0.25) is 0 Å². The third kappa shape index (κ3) is 7.46. The Labute approximate surface area is 361 Å². The molecule has 0 aromatic heterocycles. The first-order valence-corrected chi connectivity index (χ1v) is 23.1. The summed E-state index contributed by atoms with van der Waals surface area (Å²) in [5.41, 5.74) is 16.2. The molecule has 4 saturated carbocycles. The minimum absolute atomic E-state index is 0.0153. The van der Waals surface area contributed by atoms with Crippen LogP contribution in [0.1, 0.15) is 171 Å². The number of aliphatic carboxylic acids is 1. The summed E-state index contributed by atoms with van der Waals surface area (Å²) in [5, 5.41) is 9.66. The Hall–Kier alpha value is -3.54. The molecule has 0 radical (unpaired) electrons. The second-order valence-electron chi connectivity index (χ2n) is 22.0. The summed E-state index contributed by atoms with van der Waals surface area (Å²) in [6.07, 6.45) is 12.5. The molecule has 0 heterocycles. The normalized spacial score (nSPS) is 34.5. The molecule has 6 rings (SSSR count). The van der Waals surface area contributed by atoms with Crippen molar-refractivity contribution in [3.63, 3.8) is 0 Å². The Kier molecular flexibility index (Phi) is 12.5. The van der Waals surface area contributed by atoms with Crippen molar-refractivity contribution < 1.29 is 24.2 Å². The van der Waals surface area contributed by atoms with E-state index in [2.05, 4.69) is 111 Å². The number of carboxylic acid groups (broad SMARTS) is 1. The fraction of sp³-hybridized carbons (Fsp3) is 0.679. The van der Waals surface area contributed by atoms with E-state index in [1.54, 1.807) is 13.8 Å². The topological polar surface area (TPSA) is 119 Å². The summed E-state index contributed by atoms with van der Waals surface area (Å²) >= 11 is 0. The number of allylic oxidation sites excluding steroid dienone is 4. The molecule has 328 valence electrons. The molecular weight excluding hydrogens is 745 g/mol. The molecule has 1 aromatic carbocycles. The smallest absolute Gasteiger partial charge is 0.309 e. The minimum atomic E-state index is -1.16. The number of benzene rings is 1. The lowest BCUT2D eigenvalue weighted by Gasteiger charge is -2.72. The van der Waals surface area contributed by atoms with E-state index < -0.39 is 17.4 Å². The van der Waals surface area contributed by atoms with Crippen LogP contribution in [0.2, 0.25) is 0 Å². The third-order valence-electron chi connectivity index (χ3n) is 17.7. The van der Waals surface area contributed by atoms with Gasteiger partial charge >= 0.3 is 11.9 Å². The van der Waals surface area contributed by atoms with Crippen LogP contribution in [0.5, 0.6) is 0 Å². The molecule has 1 aromatic rings. The maximum Gasteiger partial charge on any atom is 0.309 e. The first-order chi connectivity index (χ1) is 27.9. The van der Waals surface area contributed by atoms with Gasteiger partial charge in [-0.25, -0.2) is 0 Å². The minimum Gasteiger partial charge on any atom is -0.481 e. The maximum absolute atomic E-state index is 14.3. The van der Waals surface area contributed by atoms with E-state index in [9.17, 15) is 19.5 Å². The van der Waals surface area contributed by atoms with Crippen molar-refractivity contribution >= 4 is 29.0 Å². The fourth-order valence-electron chi connectivity index (χ4n) is 13.9. The Balaban J connectivity index is 1.29. The number of aliphatic imine (C=N–C) groups is 1. The number of fused-ring (bicyclic) bond motifs is 7. The molecule has 0 aliphatic heterocycles. The monoisotopic (exact) mass is 821 g/mol. The number of carbonyl (C=O) groups excluding carboxylic acids is 2. The van der Waals surface area contributed by atoms with Gasteiger partial charge in [0.05, 0.1) is 18.4 Å². The molecule has 9 atom stereocenters. The zero-order valence-electron chi connectivity index (χ0n) is 39.3. The summed E-state index contributed by atoms with van der Waals surface area (Å²) < 4.78 is 6.21. The molecule has 0 amide bonds. The Morgan fingerprint density at radius 1 is 0.950 bits per heavy atom. The first kappa shape index (κ1) is 46.0. The number of ketones is 1. The SMILES string of the molecule is CC=C(C)C(=C=CCN=C(C)C12CCC3(C)C(CCC4C5(C)CCC(OC(=O)CC(C)(C)C(=O)O)C(C)(C)C5CCC43C)C1=C(C(C)C)C(=O)C2)c1ccc(C(C)N)cc1. The van der Waals surface area contributed by atoms with Gasteiger partial charge in [0, 0.05) is 34.6 Å². The average molecular weight is 821 g/mol. The highest BCUT2D eigenvalue weighted by Gasteiger charge is 2.70. The Bertz CT molecular complexity index is 2040. The van der Waals surface area contributed by atoms with Crippen LogP contribution in [0.4, 0.5) is 0 Å². The highest BCUT2D eigenvalue weighted by Crippen LogP contribution is 2.77. The fourth-order valence-corrected chi connectivity index (χ4v) is 13.9. The van der Waals surface area contributed by atoms with Crippen molar-refractivity contribution in [2.75, 3.05) is 6.54 Å². The number of hydrogen-bond acceptors (Lipinski definition) is 6. The Morgan fingerprint density at radius 2 is 1.62 bits per heavy atom. The van der Waals surface area contributed by atoms with E-state index in [0.717, 1.165) is 84.9 Å². The van der Waals surface area contributed by atoms with Crippen LogP contribution in [-0.4, -0.2) is 41.2 Å². The van der Waals surface area contributed by atoms with Gasteiger partial charge in [-0.1, -0.05) is 78.8 Å². The van der Waals surface area contributed by atoms with Crippen molar-refractivity contribution in [1.29, 1.82) is 0 Å². The second-order valence-corrected chi connectivity index (χ2v) is 22.0. The van der Waals surface area contributed by atoms with Crippen LogP contribution in [0.15, 0.2) is 63.9 Å². The van der Waals surface area contributed by atoms with Crippen molar-refractivity contribution in [3.05, 3.63) is 70.0 Å². The predicted molar refractivity (Wildman–Crippen MR) is 243 cm³/mol. The van der Waals surface area contributed by atoms with Crippen LogP contribution >= 0.6 is 0 Å². The number of esters is 1. The molecule has 60 heavy (non-hydrogen) atoms. The lowest BCUT2D eigenvalue weighted by atomic mass is 9.33. The van der Waals surface area contributed by atoms with Crippen molar-refractivity contribution in [3.8, 4) is 0 Å². The van der Waals surface area contributed by atoms with Crippen LogP contribution in [-0.2, 0) is 19.1 Å². The standard InChI is InChI=1S/C53H76N2O5/c1-14-33(4)38(37-19-17-36(18-20-37)34(5)54)16-15-29-55-35(6)53-28-27-51(12)39(46(53)45(32(2)3)40(56)30-53)21-22-42-50(11)25-24-43(60-44(57)31-48(7,8)47(58)59)49(9,10)41(50)23-26-52(42,51)13/h14-15,17-20,32,34,39,41-43H,21-31,54H2,1-13H3,(H,58,59). The van der Waals surface area contributed by atoms with Gasteiger partial charge in [-0.2, -0.15) is 0 Å². The number of carbonyl (C=O) groups is 3. The van der Waals surface area contributed by atoms with Gasteiger partial charge in [0.25, 0.3) is 0 Å². The van der Waals surface area contributed by atoms with Crippen LogP contribution < -0.4 is 5.73 Å². The summed E-state index contributed by atoms with van der Waals surface area (Å²) in [6.45, 7) is 28.8. The lowest BCUT2D eigenvalue weighted by molar-refractivity contribution is -0.232. The molecule has 7 nitrogen and oxygen atoms in total. The van der Waals surface area contributed by atoms with Gasteiger partial charge in [-0.3, -0.25) is 19.4 Å². The van der Waals surface area contributed by atoms with Crippen molar-refractivity contribution in [2.24, 2.45) is 66.9 Å². The highest BCUT2D eigenvalue weighted by molar-refractivity contribution is 6.08. The number of nitrogens with two attached hydrogens (primary N) is 1. The molecule has 0 saturated heterocycles. The molecule has 4 fully saturated rings. The summed E-state index contributed by atoms with van der Waals surface area (Å²) in [7, 11) is 0. The predicted octanol–water partition coefficient (Wildman–Crippen LogP) is 12.1. The number of carboxylic acids is 1. The van der Waals surface area contributed by atoms with Crippen LogP contribution in [0.25, 0.3) is 5.57 Å². The van der Waals surface area contributed by atoms with Crippen LogP contribution in [0, 0.1) is 56.2 Å². The molecule has 9 unspecified atom stereocenters. The highest BCUT2D eigenvalue weighted by atomic mass is 16.5. The van der Waals surface area contributed by atoms with E-state index in [1.165, 1.54) is 5.57 Å². The molecule has 7 heteroatoms. The summed E-state index contributed by atoms with van der Waals surface area (Å²) in [6, 6.07) is 8.43. The number of rotatable bonds is 11. The van der Waals surface area contributed by atoms with Crippen LogP contribution in [0.3, 0.4) is 0 Å². The molecule has 5 aliphatic carbocycles. The number of Topliss-reactive ketones (excluding diaryl/α,β-unsaturated/α-hetero) is 1. The zero-order chi connectivity index (χ0) is 44.4.